The molecule has 0 bridgehead atoms. The molecule has 0 fully saturated rings. The molecule has 2 N–H and O–H groups in total. The van der Waals surface area contributed by atoms with Gasteiger partial charge in [-0.25, -0.2) is 12.7 Å². The van der Waals surface area contributed by atoms with Gasteiger partial charge in [0, 0.05) is 13.6 Å². The number of benzene rings is 1. The molecular formula is C14H21NO5S. The number of rotatable bonds is 8. The number of sulfonamides is 1. The summed E-state index contributed by atoms with van der Waals surface area (Å²) in [6.07, 6.45) is -0.473. The van der Waals surface area contributed by atoms with Gasteiger partial charge in [-0.1, -0.05) is 18.2 Å². The fourth-order valence-electron chi connectivity index (χ4n) is 1.98. The van der Waals surface area contributed by atoms with E-state index in [1.54, 1.807) is 18.2 Å². The van der Waals surface area contributed by atoms with Crippen molar-refractivity contribution in [1.29, 1.82) is 0 Å². The van der Waals surface area contributed by atoms with Crippen LogP contribution < -0.4 is 0 Å². The summed E-state index contributed by atoms with van der Waals surface area (Å²) in [6, 6.07) is 7.98. The lowest BCUT2D eigenvalue weighted by Crippen LogP contribution is -2.31. The normalized spacial score (nSPS) is 14.9. The second-order valence-corrected chi connectivity index (χ2v) is 7.09. The van der Waals surface area contributed by atoms with Crippen molar-refractivity contribution in [2.24, 2.45) is 5.92 Å². The highest BCUT2D eigenvalue weighted by Gasteiger charge is 2.24. The predicted octanol–water partition coefficient (Wildman–Crippen LogP) is 1.17. The van der Waals surface area contributed by atoms with Crippen LogP contribution >= 0.6 is 0 Å². The zero-order valence-corrected chi connectivity index (χ0v) is 13.0. The molecule has 1 aromatic rings. The molecule has 7 heteroatoms. The van der Waals surface area contributed by atoms with Crippen LogP contribution in [0.15, 0.2) is 35.2 Å². The van der Waals surface area contributed by atoms with Gasteiger partial charge in [0.1, 0.15) is 0 Å². The van der Waals surface area contributed by atoms with Gasteiger partial charge in [-0.3, -0.25) is 4.79 Å². The molecule has 0 aromatic heterocycles. The summed E-state index contributed by atoms with van der Waals surface area (Å²) in [7, 11) is -2.19. The van der Waals surface area contributed by atoms with Gasteiger partial charge in [-0.15, -0.1) is 0 Å². The van der Waals surface area contributed by atoms with Gasteiger partial charge in [0.05, 0.1) is 16.9 Å². The number of hydrogen-bond acceptors (Lipinski definition) is 4. The van der Waals surface area contributed by atoms with Gasteiger partial charge in [0.25, 0.3) is 0 Å². The fourth-order valence-corrected chi connectivity index (χ4v) is 3.19. The maximum Gasteiger partial charge on any atom is 0.306 e. The first-order valence-corrected chi connectivity index (χ1v) is 8.11. The highest BCUT2D eigenvalue weighted by molar-refractivity contribution is 7.89. The zero-order chi connectivity index (χ0) is 16.0. The number of carboxylic acids is 1. The van der Waals surface area contributed by atoms with Crippen molar-refractivity contribution in [3.8, 4) is 0 Å². The van der Waals surface area contributed by atoms with Crippen LogP contribution in [0.3, 0.4) is 0 Å². The average molecular weight is 315 g/mol. The lowest BCUT2D eigenvalue weighted by atomic mass is 9.99. The number of nitrogens with zero attached hydrogens (tertiary/aromatic N) is 1. The second kappa shape index (κ2) is 7.53. The van der Waals surface area contributed by atoms with Crippen LogP contribution in [0.25, 0.3) is 0 Å². The molecule has 1 aromatic carbocycles. The van der Waals surface area contributed by atoms with E-state index >= 15 is 0 Å². The van der Waals surface area contributed by atoms with Crippen molar-refractivity contribution >= 4 is 16.0 Å². The summed E-state index contributed by atoms with van der Waals surface area (Å²) >= 11 is 0. The summed E-state index contributed by atoms with van der Waals surface area (Å²) < 4.78 is 25.7. The van der Waals surface area contributed by atoms with Crippen molar-refractivity contribution in [3.05, 3.63) is 30.3 Å². The molecule has 0 aliphatic carbocycles. The van der Waals surface area contributed by atoms with Gasteiger partial charge in [0.2, 0.25) is 10.0 Å². The molecule has 2 atom stereocenters. The monoisotopic (exact) mass is 315 g/mol. The second-order valence-electron chi connectivity index (χ2n) is 5.05. The third-order valence-electron chi connectivity index (χ3n) is 3.22. The lowest BCUT2D eigenvalue weighted by molar-refractivity contribution is -0.143. The van der Waals surface area contributed by atoms with Crippen molar-refractivity contribution in [3.63, 3.8) is 0 Å². The Kier molecular flexibility index (Phi) is 6.32. The molecule has 118 valence electrons. The number of carbonyl (C=O) groups is 1. The minimum atomic E-state index is -3.61. The average Bonchev–Trinajstić information content (AvgIpc) is 2.43. The molecule has 1 unspecified atom stereocenters. The molecule has 0 amide bonds. The number of aliphatic hydroxyl groups excluding tert-OH is 1. The quantitative estimate of drug-likeness (QED) is 0.751. The predicted molar refractivity (Wildman–Crippen MR) is 78.3 cm³/mol. The lowest BCUT2D eigenvalue weighted by Gasteiger charge is -2.20. The smallest absolute Gasteiger partial charge is 0.306 e. The van der Waals surface area contributed by atoms with Crippen molar-refractivity contribution in [2.75, 3.05) is 13.6 Å². The van der Waals surface area contributed by atoms with E-state index in [1.165, 1.54) is 26.1 Å². The Labute approximate surface area is 125 Å². The molecule has 1 rings (SSSR count). The van der Waals surface area contributed by atoms with E-state index in [1.807, 2.05) is 0 Å². The van der Waals surface area contributed by atoms with Gasteiger partial charge in [-0.05, 0) is 31.9 Å². The molecule has 0 heterocycles. The molecule has 21 heavy (non-hydrogen) atoms. The summed E-state index contributed by atoms with van der Waals surface area (Å²) in [4.78, 5) is 11.3. The Morgan fingerprint density at radius 2 is 1.86 bits per heavy atom. The van der Waals surface area contributed by atoms with Crippen LogP contribution in [0.5, 0.6) is 0 Å². The number of aliphatic carboxylic acids is 1. The van der Waals surface area contributed by atoms with E-state index in [2.05, 4.69) is 0 Å². The Morgan fingerprint density at radius 1 is 1.29 bits per heavy atom. The third-order valence-corrected chi connectivity index (χ3v) is 5.09. The third kappa shape index (κ3) is 5.11. The van der Waals surface area contributed by atoms with E-state index < -0.39 is 28.0 Å². The van der Waals surface area contributed by atoms with E-state index in [4.69, 9.17) is 5.11 Å². The Balaban J connectivity index is 2.72. The summed E-state index contributed by atoms with van der Waals surface area (Å²) in [5.74, 6) is -1.79. The zero-order valence-electron chi connectivity index (χ0n) is 12.1. The largest absolute Gasteiger partial charge is 0.481 e. The summed E-state index contributed by atoms with van der Waals surface area (Å²) in [6.45, 7) is 1.60. The van der Waals surface area contributed by atoms with Gasteiger partial charge >= 0.3 is 5.97 Å². The Bertz CT molecular complexity index is 556. The maximum absolute atomic E-state index is 12.3. The van der Waals surface area contributed by atoms with Crippen LogP contribution in [0, 0.1) is 5.92 Å². The van der Waals surface area contributed by atoms with Crippen LogP contribution in [0.2, 0.25) is 0 Å². The fraction of sp³-hybridized carbons (Fsp3) is 0.500. The van der Waals surface area contributed by atoms with Crippen LogP contribution in [0.4, 0.5) is 0 Å². The first-order chi connectivity index (χ1) is 9.75. The standard InChI is InChI=1S/C14H21NO5S/c1-11(16)10-12(14(17)18)8-9-15(2)21(19,20)13-6-4-3-5-7-13/h3-7,11-12,16H,8-10H2,1-2H3,(H,17,18)/t11?,12-/m1/s1. The maximum atomic E-state index is 12.3. The molecule has 0 radical (unpaired) electrons. The molecular weight excluding hydrogens is 294 g/mol. The molecule has 6 nitrogen and oxygen atoms in total. The first-order valence-electron chi connectivity index (χ1n) is 6.67. The van der Waals surface area contributed by atoms with E-state index in [0.29, 0.717) is 0 Å². The SMILES string of the molecule is CC(O)C[C@@H](CCN(C)S(=O)(=O)c1ccccc1)C(=O)O. The van der Waals surface area contributed by atoms with Crippen LogP contribution in [0.1, 0.15) is 19.8 Å². The van der Waals surface area contributed by atoms with Gasteiger partial charge in [-0.2, -0.15) is 0 Å². The van der Waals surface area contributed by atoms with Crippen molar-refractivity contribution in [2.45, 2.75) is 30.8 Å². The minimum Gasteiger partial charge on any atom is -0.481 e. The van der Waals surface area contributed by atoms with E-state index in [9.17, 15) is 18.3 Å². The Morgan fingerprint density at radius 3 is 2.33 bits per heavy atom. The highest BCUT2D eigenvalue weighted by atomic mass is 32.2. The highest BCUT2D eigenvalue weighted by Crippen LogP contribution is 2.17. The molecule has 0 saturated carbocycles. The van der Waals surface area contributed by atoms with Crippen molar-refractivity contribution < 1.29 is 23.4 Å². The van der Waals surface area contributed by atoms with E-state index in [0.717, 1.165) is 4.31 Å². The van der Waals surface area contributed by atoms with E-state index in [-0.39, 0.29) is 24.3 Å². The summed E-state index contributed by atoms with van der Waals surface area (Å²) in [5, 5.41) is 18.4. The van der Waals surface area contributed by atoms with Crippen LogP contribution in [-0.2, 0) is 14.8 Å². The molecule has 0 aliphatic rings. The topological polar surface area (TPSA) is 94.9 Å². The number of carboxylic acid groups (broad SMARTS) is 1. The van der Waals surface area contributed by atoms with Crippen LogP contribution in [-0.4, -0.2) is 48.6 Å². The van der Waals surface area contributed by atoms with Gasteiger partial charge in [0.15, 0.2) is 0 Å². The molecule has 0 saturated heterocycles. The summed E-state index contributed by atoms with van der Waals surface area (Å²) in [5.41, 5.74) is 0. The van der Waals surface area contributed by atoms with Crippen molar-refractivity contribution in [1.82, 2.24) is 4.31 Å². The first kappa shape index (κ1) is 17.6. The Hall–Kier alpha value is -1.44. The number of hydrogen-bond donors (Lipinski definition) is 2. The molecule has 0 aliphatic heterocycles. The number of aliphatic hydroxyl groups is 1. The molecule has 0 spiro atoms. The minimum absolute atomic E-state index is 0.0842. The van der Waals surface area contributed by atoms with Gasteiger partial charge < -0.3 is 10.2 Å².